The maximum absolute atomic E-state index is 12.7. The third-order valence-corrected chi connectivity index (χ3v) is 6.62. The largest absolute Gasteiger partial charge is 0.330 e. The van der Waals surface area contributed by atoms with Crippen LogP contribution < -0.4 is 10.2 Å². The predicted molar refractivity (Wildman–Crippen MR) is 107 cm³/mol. The first kappa shape index (κ1) is 17.6. The van der Waals surface area contributed by atoms with Crippen LogP contribution in [-0.2, 0) is 5.41 Å². The number of hydrogen-bond donors (Lipinski definition) is 1. The molecule has 4 nitrogen and oxygen atoms in total. The van der Waals surface area contributed by atoms with Crippen LogP contribution >= 0.6 is 0 Å². The van der Waals surface area contributed by atoms with Gasteiger partial charge in [0.15, 0.2) is 0 Å². The van der Waals surface area contributed by atoms with Gasteiger partial charge < -0.3 is 5.32 Å². The van der Waals surface area contributed by atoms with Crippen molar-refractivity contribution in [3.05, 3.63) is 65.7 Å². The van der Waals surface area contributed by atoms with Crippen molar-refractivity contribution in [1.29, 1.82) is 5.26 Å². The van der Waals surface area contributed by atoms with Crippen molar-refractivity contribution < 1.29 is 4.79 Å². The lowest BCUT2D eigenvalue weighted by molar-refractivity contribution is 0.184. The van der Waals surface area contributed by atoms with Crippen LogP contribution in [0.3, 0.4) is 0 Å². The average Bonchev–Trinajstić information content (AvgIpc) is 3.05. The topological polar surface area (TPSA) is 56.1 Å². The van der Waals surface area contributed by atoms with Gasteiger partial charge in [-0.25, -0.2) is 4.79 Å². The summed E-state index contributed by atoms with van der Waals surface area (Å²) in [7, 11) is 0. The van der Waals surface area contributed by atoms with Gasteiger partial charge in [-0.3, -0.25) is 4.90 Å². The molecular formula is C23H25N3O. The molecule has 1 aliphatic heterocycles. The van der Waals surface area contributed by atoms with Crippen LogP contribution in [0.4, 0.5) is 10.5 Å². The Morgan fingerprint density at radius 1 is 1.04 bits per heavy atom. The second-order valence-electron chi connectivity index (χ2n) is 7.93. The Kier molecular flexibility index (Phi) is 4.39. The third kappa shape index (κ3) is 2.98. The average molecular weight is 359 g/mol. The van der Waals surface area contributed by atoms with Crippen molar-refractivity contribution in [3.63, 3.8) is 0 Å². The summed E-state index contributed by atoms with van der Waals surface area (Å²) < 4.78 is 0. The monoisotopic (exact) mass is 359 g/mol. The van der Waals surface area contributed by atoms with Gasteiger partial charge >= 0.3 is 6.03 Å². The standard InChI is InChI=1S/C23H25N3O/c1-2-22(19-9-4-3-5-10-19)12-14-23(15-13-22)17-26(21(27)25-23)20-11-7-6-8-18(20)16-24/h3-11H,2,12-15,17H2,1H3,(H,25,27)/t22-,23-. The molecule has 1 aliphatic carbocycles. The van der Waals surface area contributed by atoms with Crippen molar-refractivity contribution in [3.8, 4) is 6.07 Å². The summed E-state index contributed by atoms with van der Waals surface area (Å²) in [4.78, 5) is 14.5. The van der Waals surface area contributed by atoms with Gasteiger partial charge in [0.05, 0.1) is 23.3 Å². The van der Waals surface area contributed by atoms with Gasteiger partial charge in [0.2, 0.25) is 0 Å². The molecule has 1 saturated heterocycles. The molecule has 4 heteroatoms. The number of hydrogen-bond acceptors (Lipinski definition) is 2. The molecule has 0 bridgehead atoms. The van der Waals surface area contributed by atoms with E-state index < -0.39 is 0 Å². The van der Waals surface area contributed by atoms with Gasteiger partial charge in [0, 0.05) is 0 Å². The molecule has 0 aromatic heterocycles. The summed E-state index contributed by atoms with van der Waals surface area (Å²) in [6.07, 6.45) is 5.18. The number of nitrogens with one attached hydrogen (secondary N) is 1. The lowest BCUT2D eigenvalue weighted by atomic mass is 9.63. The minimum absolute atomic E-state index is 0.0820. The zero-order chi connectivity index (χ0) is 18.9. The number of para-hydroxylation sites is 1. The lowest BCUT2D eigenvalue weighted by Crippen LogP contribution is -2.49. The van der Waals surface area contributed by atoms with E-state index in [4.69, 9.17) is 0 Å². The predicted octanol–water partition coefficient (Wildman–Crippen LogP) is 4.75. The second kappa shape index (κ2) is 6.74. The molecule has 138 valence electrons. The first-order valence-corrected chi connectivity index (χ1v) is 9.76. The van der Waals surface area contributed by atoms with Crippen LogP contribution in [0.15, 0.2) is 54.6 Å². The van der Waals surface area contributed by atoms with Crippen LogP contribution in [0.2, 0.25) is 0 Å². The van der Waals surface area contributed by atoms with Crippen molar-refractivity contribution in [2.75, 3.05) is 11.4 Å². The van der Waals surface area contributed by atoms with Gasteiger partial charge in [-0.1, -0.05) is 49.4 Å². The molecule has 1 saturated carbocycles. The highest BCUT2D eigenvalue weighted by molar-refractivity contribution is 5.96. The lowest BCUT2D eigenvalue weighted by Gasteiger charge is -2.44. The molecule has 1 N–H and O–H groups in total. The molecule has 2 aromatic carbocycles. The molecule has 27 heavy (non-hydrogen) atoms. The zero-order valence-electron chi connectivity index (χ0n) is 15.7. The summed E-state index contributed by atoms with van der Waals surface area (Å²) >= 11 is 0. The van der Waals surface area contributed by atoms with Crippen molar-refractivity contribution in [2.45, 2.75) is 50.0 Å². The summed E-state index contributed by atoms with van der Waals surface area (Å²) in [5, 5.41) is 12.6. The van der Waals surface area contributed by atoms with Gasteiger partial charge in [0.1, 0.15) is 6.07 Å². The number of amides is 2. The summed E-state index contributed by atoms with van der Waals surface area (Å²) in [5.74, 6) is 0. The maximum Gasteiger partial charge on any atom is 0.322 e. The number of rotatable bonds is 3. The van der Waals surface area contributed by atoms with Crippen LogP contribution in [0.1, 0.15) is 50.2 Å². The first-order chi connectivity index (χ1) is 13.1. The van der Waals surface area contributed by atoms with E-state index in [1.165, 1.54) is 5.56 Å². The Morgan fingerprint density at radius 3 is 2.37 bits per heavy atom. The molecule has 0 radical (unpaired) electrons. The highest BCUT2D eigenvalue weighted by atomic mass is 16.2. The minimum atomic E-state index is -0.187. The van der Waals surface area contributed by atoms with E-state index in [9.17, 15) is 10.1 Å². The number of carbonyl (C=O) groups excluding carboxylic acids is 1. The fraction of sp³-hybridized carbons (Fsp3) is 0.391. The molecular weight excluding hydrogens is 334 g/mol. The number of nitriles is 1. The van der Waals surface area contributed by atoms with Gasteiger partial charge in [-0.05, 0) is 55.2 Å². The Hall–Kier alpha value is -2.80. The van der Waals surface area contributed by atoms with Crippen LogP contribution in [0, 0.1) is 11.3 Å². The number of benzene rings is 2. The van der Waals surface area contributed by atoms with Crippen LogP contribution in [-0.4, -0.2) is 18.1 Å². The van der Waals surface area contributed by atoms with E-state index in [1.54, 1.807) is 11.0 Å². The van der Waals surface area contributed by atoms with Crippen LogP contribution in [0.25, 0.3) is 0 Å². The van der Waals surface area contributed by atoms with E-state index in [0.29, 0.717) is 17.8 Å². The highest BCUT2D eigenvalue weighted by Gasteiger charge is 2.49. The fourth-order valence-corrected chi connectivity index (χ4v) is 4.83. The molecule has 2 aromatic rings. The van der Waals surface area contributed by atoms with Gasteiger partial charge in [0.25, 0.3) is 0 Å². The van der Waals surface area contributed by atoms with E-state index in [0.717, 1.165) is 32.1 Å². The van der Waals surface area contributed by atoms with Crippen molar-refractivity contribution >= 4 is 11.7 Å². The third-order valence-electron chi connectivity index (χ3n) is 6.62. The van der Waals surface area contributed by atoms with Crippen LogP contribution in [0.5, 0.6) is 0 Å². The number of carbonyl (C=O) groups is 1. The van der Waals surface area contributed by atoms with Gasteiger partial charge in [-0.2, -0.15) is 5.26 Å². The smallest absolute Gasteiger partial charge is 0.322 e. The summed E-state index contributed by atoms with van der Waals surface area (Å²) in [6.45, 7) is 2.91. The molecule has 0 unspecified atom stereocenters. The number of nitrogens with zero attached hydrogens (tertiary/aromatic N) is 2. The molecule has 2 aliphatic rings. The molecule has 2 fully saturated rings. The summed E-state index contributed by atoms with van der Waals surface area (Å²) in [5.41, 5.74) is 2.69. The normalized spacial score (nSPS) is 27.4. The molecule has 1 heterocycles. The number of urea groups is 1. The van der Waals surface area contributed by atoms with E-state index in [1.807, 2.05) is 18.2 Å². The van der Waals surface area contributed by atoms with Gasteiger partial charge in [-0.15, -0.1) is 0 Å². The Balaban J connectivity index is 1.56. The molecule has 1 spiro atoms. The SMILES string of the molecule is CC[C@]1(c2ccccc2)CC[C@]2(CC1)CN(c1ccccc1C#N)C(=O)N2. The van der Waals surface area contributed by atoms with E-state index in [-0.39, 0.29) is 17.0 Å². The fourth-order valence-electron chi connectivity index (χ4n) is 4.83. The zero-order valence-corrected chi connectivity index (χ0v) is 15.7. The number of anilines is 1. The Labute approximate surface area is 160 Å². The summed E-state index contributed by atoms with van der Waals surface area (Å²) in [6, 6.07) is 20.3. The maximum atomic E-state index is 12.7. The Bertz CT molecular complexity index is 876. The van der Waals surface area contributed by atoms with Crippen molar-refractivity contribution in [1.82, 2.24) is 5.32 Å². The first-order valence-electron chi connectivity index (χ1n) is 9.76. The highest BCUT2D eigenvalue weighted by Crippen LogP contribution is 2.47. The quantitative estimate of drug-likeness (QED) is 0.860. The van der Waals surface area contributed by atoms with Crippen molar-refractivity contribution in [2.24, 2.45) is 0 Å². The minimum Gasteiger partial charge on any atom is -0.330 e. The molecule has 0 atom stereocenters. The van der Waals surface area contributed by atoms with E-state index in [2.05, 4.69) is 48.6 Å². The second-order valence-corrected chi connectivity index (χ2v) is 7.93. The molecule has 4 rings (SSSR count). The molecule has 2 amide bonds. The Morgan fingerprint density at radius 2 is 1.70 bits per heavy atom. The van der Waals surface area contributed by atoms with E-state index >= 15 is 0 Å².